The molecule has 0 atom stereocenters. The molecule has 1 fully saturated rings. The van der Waals surface area contributed by atoms with Gasteiger partial charge in [-0.05, 0) is 0 Å². The van der Waals surface area contributed by atoms with E-state index in [1.54, 1.807) is 0 Å². The summed E-state index contributed by atoms with van der Waals surface area (Å²) in [7, 11) is 0. The molecule has 1 N–H and O–H groups in total. The zero-order chi connectivity index (χ0) is 7.40. The van der Waals surface area contributed by atoms with Crippen LogP contribution in [0, 0.1) is 0 Å². The van der Waals surface area contributed by atoms with E-state index in [0.29, 0.717) is 13.2 Å². The minimum absolute atomic E-state index is 0. The zero-order valence-electron chi connectivity index (χ0n) is 5.75. The van der Waals surface area contributed by atoms with Gasteiger partial charge in [-0.2, -0.15) is 0 Å². The average molecular weight is 185 g/mol. The molecule has 1 rings (SSSR count). The Morgan fingerprint density at radius 3 is 2.45 bits per heavy atom. The molecule has 0 bridgehead atoms. The van der Waals surface area contributed by atoms with Crippen LogP contribution >= 0.6 is 0 Å². The summed E-state index contributed by atoms with van der Waals surface area (Å²) in [6, 6.07) is 0. The first-order chi connectivity index (χ1) is 4.79. The Morgan fingerprint density at radius 2 is 2.00 bits per heavy atom. The first-order valence-corrected chi connectivity index (χ1v) is 3.31. The predicted octanol–water partition coefficient (Wildman–Crippen LogP) is -1.25. The van der Waals surface area contributed by atoms with Crippen LogP contribution in [0.1, 0.15) is 0 Å². The van der Waals surface area contributed by atoms with Crippen LogP contribution in [-0.4, -0.2) is 100 Å². The summed E-state index contributed by atoms with van der Waals surface area (Å²) in [6.45, 7) is 2.95. The molecule has 0 spiro atoms. The molecule has 1 saturated heterocycles. The van der Waals surface area contributed by atoms with Gasteiger partial charge in [-0.3, -0.25) is 9.69 Å². The molecular weight excluding hydrogens is 173 g/mol. The Balaban J connectivity index is 0.000001000. The number of hydrogen-bond donors (Lipinski definition) is 1. The van der Waals surface area contributed by atoms with Crippen molar-refractivity contribution >= 4 is 57.4 Å². The van der Waals surface area contributed by atoms with Crippen molar-refractivity contribution in [2.24, 2.45) is 0 Å². The van der Waals surface area contributed by atoms with Crippen molar-refractivity contribution in [1.82, 2.24) is 4.90 Å². The normalized spacial score (nSPS) is 18.9. The van der Waals surface area contributed by atoms with Crippen LogP contribution in [0.2, 0.25) is 0 Å². The van der Waals surface area contributed by atoms with Gasteiger partial charge >= 0.3 is 57.4 Å². The number of aliphatic carboxylic acids is 1. The van der Waals surface area contributed by atoms with Crippen molar-refractivity contribution in [3.05, 3.63) is 0 Å². The predicted molar refractivity (Wildman–Crippen MR) is 42.0 cm³/mol. The summed E-state index contributed by atoms with van der Waals surface area (Å²) >= 11 is 0. The molecule has 0 saturated carbocycles. The molecule has 5 heteroatoms. The molecule has 0 radical (unpaired) electrons. The van der Waals surface area contributed by atoms with Crippen molar-refractivity contribution < 1.29 is 14.6 Å². The Morgan fingerprint density at radius 1 is 1.45 bits per heavy atom. The number of rotatable bonds is 2. The van der Waals surface area contributed by atoms with Crippen molar-refractivity contribution in [2.75, 3.05) is 32.8 Å². The summed E-state index contributed by atoms with van der Waals surface area (Å²) < 4.78 is 5.05. The van der Waals surface area contributed by atoms with Crippen molar-refractivity contribution in [2.45, 2.75) is 0 Å². The molecule has 1 aliphatic rings. The van der Waals surface area contributed by atoms with E-state index in [1.165, 1.54) is 0 Å². The molecule has 60 valence electrons. The van der Waals surface area contributed by atoms with E-state index in [0.717, 1.165) is 13.1 Å². The van der Waals surface area contributed by atoms with Crippen LogP contribution in [0.15, 0.2) is 0 Å². The first-order valence-electron chi connectivity index (χ1n) is 3.31. The van der Waals surface area contributed by atoms with E-state index >= 15 is 0 Å². The molecule has 4 nitrogen and oxygen atoms in total. The third kappa shape index (κ3) is 5.29. The van der Waals surface area contributed by atoms with Gasteiger partial charge in [-0.1, -0.05) is 0 Å². The molecular formula is C6H12KNO3. The van der Waals surface area contributed by atoms with E-state index in [2.05, 4.69) is 0 Å². The van der Waals surface area contributed by atoms with Crippen molar-refractivity contribution in [3.63, 3.8) is 0 Å². The van der Waals surface area contributed by atoms with Crippen LogP contribution in [0.25, 0.3) is 0 Å². The molecule has 0 aliphatic carbocycles. The number of carboxylic acid groups (broad SMARTS) is 1. The van der Waals surface area contributed by atoms with Crippen LogP contribution < -0.4 is 0 Å². The molecule has 0 aromatic rings. The van der Waals surface area contributed by atoms with E-state index in [-0.39, 0.29) is 57.9 Å². The number of nitrogens with zero attached hydrogens (tertiary/aromatic N) is 1. The monoisotopic (exact) mass is 185 g/mol. The van der Waals surface area contributed by atoms with Crippen molar-refractivity contribution in [1.29, 1.82) is 0 Å². The van der Waals surface area contributed by atoms with Gasteiger partial charge in [0.05, 0.1) is 19.8 Å². The molecule has 0 aromatic heterocycles. The van der Waals surface area contributed by atoms with E-state index in [9.17, 15) is 4.79 Å². The van der Waals surface area contributed by atoms with E-state index < -0.39 is 5.97 Å². The van der Waals surface area contributed by atoms with Gasteiger partial charge in [-0.15, -0.1) is 0 Å². The van der Waals surface area contributed by atoms with Gasteiger partial charge < -0.3 is 9.84 Å². The number of morpholine rings is 1. The number of hydrogen-bond acceptors (Lipinski definition) is 3. The molecule has 1 aliphatic heterocycles. The Bertz CT molecular complexity index is 125. The summed E-state index contributed by atoms with van der Waals surface area (Å²) in [4.78, 5) is 12.1. The number of carboxylic acids is 1. The molecule has 0 amide bonds. The van der Waals surface area contributed by atoms with E-state index in [4.69, 9.17) is 9.84 Å². The molecule has 1 heterocycles. The summed E-state index contributed by atoms with van der Waals surface area (Å²) in [5.41, 5.74) is 0. The fraction of sp³-hybridized carbons (Fsp3) is 0.833. The molecule has 0 aromatic carbocycles. The Labute approximate surface area is 108 Å². The maximum atomic E-state index is 10.2. The fourth-order valence-electron chi connectivity index (χ4n) is 0.951. The van der Waals surface area contributed by atoms with Crippen LogP contribution in [0.3, 0.4) is 0 Å². The van der Waals surface area contributed by atoms with Gasteiger partial charge in [0.1, 0.15) is 0 Å². The number of ether oxygens (including phenoxy) is 1. The van der Waals surface area contributed by atoms with E-state index in [1.807, 2.05) is 4.90 Å². The summed E-state index contributed by atoms with van der Waals surface area (Å²) in [5.74, 6) is -0.762. The average Bonchev–Trinajstić information content (AvgIpc) is 1.88. The SMILES string of the molecule is O=C(O)CN1CCOCC1.[KH]. The second-order valence-corrected chi connectivity index (χ2v) is 2.28. The van der Waals surface area contributed by atoms with Crippen molar-refractivity contribution in [3.8, 4) is 0 Å². The third-order valence-corrected chi connectivity index (χ3v) is 1.46. The Kier molecular flexibility index (Phi) is 7.14. The van der Waals surface area contributed by atoms with Crippen LogP contribution in [-0.2, 0) is 9.53 Å². The second kappa shape index (κ2) is 6.53. The summed E-state index contributed by atoms with van der Waals surface area (Å²) in [5, 5.41) is 8.38. The fourth-order valence-corrected chi connectivity index (χ4v) is 0.951. The molecule has 11 heavy (non-hydrogen) atoms. The topological polar surface area (TPSA) is 49.8 Å². The van der Waals surface area contributed by atoms with Crippen LogP contribution in [0.5, 0.6) is 0 Å². The summed E-state index contributed by atoms with van der Waals surface area (Å²) in [6.07, 6.45) is 0. The standard InChI is InChI=1S/C6H11NO3.K.H/c8-6(9)5-7-1-3-10-4-2-7;;/h1-5H2,(H,8,9);;. The van der Waals surface area contributed by atoms with Gasteiger partial charge in [0.25, 0.3) is 0 Å². The Hall–Kier alpha value is 1.03. The zero-order valence-corrected chi connectivity index (χ0v) is 5.75. The van der Waals surface area contributed by atoms with Crippen LogP contribution in [0.4, 0.5) is 0 Å². The maximum absolute atomic E-state index is 10.2. The number of carbonyl (C=O) groups is 1. The second-order valence-electron chi connectivity index (χ2n) is 2.28. The van der Waals surface area contributed by atoms with Gasteiger partial charge in [-0.25, -0.2) is 0 Å². The van der Waals surface area contributed by atoms with Gasteiger partial charge in [0, 0.05) is 13.1 Å². The van der Waals surface area contributed by atoms with Gasteiger partial charge in [0.2, 0.25) is 0 Å². The molecule has 0 unspecified atom stereocenters. The minimum atomic E-state index is -0.762. The quantitative estimate of drug-likeness (QED) is 0.546. The first kappa shape index (κ1) is 12.0. The third-order valence-electron chi connectivity index (χ3n) is 1.46. The van der Waals surface area contributed by atoms with Gasteiger partial charge in [0.15, 0.2) is 0 Å².